The molecule has 0 aliphatic rings. The van der Waals surface area contributed by atoms with Crippen molar-refractivity contribution in [3.05, 3.63) is 59.2 Å². The molecule has 2 N–H and O–H groups in total. The Hall–Kier alpha value is 1.34. The normalized spacial score (nSPS) is 8.45. The van der Waals surface area contributed by atoms with Crippen molar-refractivity contribution >= 4 is 104 Å². The Kier molecular flexibility index (Phi) is 15.2. The van der Waals surface area contributed by atoms with Crippen LogP contribution in [0.2, 0.25) is 0 Å². The van der Waals surface area contributed by atoms with E-state index in [0.29, 0.717) is 5.46 Å². The van der Waals surface area contributed by atoms with E-state index in [1.165, 1.54) is 7.14 Å². The highest BCUT2D eigenvalue weighted by atomic mass is 127. The average molecular weight is 722 g/mol. The molecule has 20 heavy (non-hydrogen) atoms. The van der Waals surface area contributed by atoms with Gasteiger partial charge in [-0.25, -0.2) is 0 Å². The van der Waals surface area contributed by atoms with Crippen molar-refractivity contribution in [2.24, 2.45) is 0 Å². The van der Waals surface area contributed by atoms with Crippen molar-refractivity contribution in [3.63, 3.8) is 0 Å². The van der Waals surface area contributed by atoms with E-state index in [2.05, 4.69) is 79.9 Å². The predicted octanol–water partition coefficient (Wildman–Crippen LogP) is 4.12. The summed E-state index contributed by atoms with van der Waals surface area (Å²) in [6, 6.07) is 15.4. The summed E-state index contributed by atoms with van der Waals surface area (Å²) in [5.74, 6) is 0. The molecule has 0 amide bonds. The standard InChI is InChI=1S/C6H6BIO2.C6H4I2.CH4.HI/c8-6-4-2-1-3-5(6)7(9)10;7-5-3-1-2-4-6(5)8;;/h1-4,9-10H;1-4H;1H4;1H. The van der Waals surface area contributed by atoms with Crippen LogP contribution in [0.25, 0.3) is 0 Å². The highest BCUT2D eigenvalue weighted by molar-refractivity contribution is 14.1. The van der Waals surface area contributed by atoms with Crippen molar-refractivity contribution < 1.29 is 10.0 Å². The quantitative estimate of drug-likeness (QED) is 0.344. The van der Waals surface area contributed by atoms with Crippen LogP contribution in [0.5, 0.6) is 0 Å². The van der Waals surface area contributed by atoms with Gasteiger partial charge in [0.25, 0.3) is 0 Å². The lowest BCUT2D eigenvalue weighted by Crippen LogP contribution is -2.31. The van der Waals surface area contributed by atoms with E-state index in [4.69, 9.17) is 10.0 Å². The maximum Gasteiger partial charge on any atom is 0.489 e. The smallest absolute Gasteiger partial charge is 0.423 e. The van der Waals surface area contributed by atoms with Gasteiger partial charge in [0, 0.05) is 10.7 Å². The van der Waals surface area contributed by atoms with Crippen LogP contribution in [0.4, 0.5) is 0 Å². The number of benzene rings is 2. The molecule has 0 atom stereocenters. The molecule has 0 saturated heterocycles. The van der Waals surface area contributed by atoms with Gasteiger partial charge in [0.05, 0.1) is 0 Å². The topological polar surface area (TPSA) is 40.5 Å². The zero-order valence-corrected chi connectivity index (χ0v) is 18.4. The van der Waals surface area contributed by atoms with Crippen molar-refractivity contribution in [3.8, 4) is 0 Å². The van der Waals surface area contributed by atoms with E-state index >= 15 is 0 Å². The first-order valence-electron chi connectivity index (χ1n) is 5.03. The third kappa shape index (κ3) is 8.71. The Morgan fingerprint density at radius 1 is 0.700 bits per heavy atom. The van der Waals surface area contributed by atoms with Gasteiger partial charge in [-0.3, -0.25) is 0 Å². The van der Waals surface area contributed by atoms with Crippen LogP contribution in [0.1, 0.15) is 7.43 Å². The van der Waals surface area contributed by atoms with Crippen LogP contribution in [0.3, 0.4) is 0 Å². The minimum Gasteiger partial charge on any atom is -0.423 e. The summed E-state index contributed by atoms with van der Waals surface area (Å²) in [6.07, 6.45) is 0. The minimum atomic E-state index is -1.35. The largest absolute Gasteiger partial charge is 0.489 e. The first kappa shape index (κ1) is 23.6. The Morgan fingerprint density at radius 2 is 1.05 bits per heavy atom. The molecular formula is C13H15BI4O2. The molecule has 2 aromatic carbocycles. The SMILES string of the molecule is C.I.Ic1ccccc1I.OB(O)c1ccccc1I. The molecule has 0 bridgehead atoms. The van der Waals surface area contributed by atoms with E-state index < -0.39 is 7.12 Å². The van der Waals surface area contributed by atoms with Gasteiger partial charge in [-0.1, -0.05) is 37.8 Å². The van der Waals surface area contributed by atoms with Gasteiger partial charge < -0.3 is 10.0 Å². The maximum atomic E-state index is 8.76. The van der Waals surface area contributed by atoms with E-state index in [0.717, 1.165) is 3.57 Å². The first-order valence-corrected chi connectivity index (χ1v) is 8.26. The lowest BCUT2D eigenvalue weighted by molar-refractivity contribution is 0.425. The molecule has 0 saturated carbocycles. The molecule has 0 fully saturated rings. The highest BCUT2D eigenvalue weighted by Crippen LogP contribution is 2.12. The van der Waals surface area contributed by atoms with Gasteiger partial charge >= 0.3 is 7.12 Å². The van der Waals surface area contributed by atoms with Crippen molar-refractivity contribution in [1.82, 2.24) is 0 Å². The summed E-state index contributed by atoms with van der Waals surface area (Å²) >= 11 is 6.69. The Bertz CT molecular complexity index is 488. The van der Waals surface area contributed by atoms with Gasteiger partial charge in [-0.05, 0) is 91.4 Å². The Balaban J connectivity index is 0. The zero-order valence-electron chi connectivity index (χ0n) is 9.63. The molecule has 7 heteroatoms. The van der Waals surface area contributed by atoms with Gasteiger partial charge in [-0.2, -0.15) is 0 Å². The molecule has 0 aliphatic carbocycles. The van der Waals surface area contributed by atoms with Gasteiger partial charge in [-0.15, -0.1) is 24.0 Å². The molecular weight excluding hydrogens is 707 g/mol. The van der Waals surface area contributed by atoms with Crippen LogP contribution in [-0.2, 0) is 0 Å². The summed E-state index contributed by atoms with van der Waals surface area (Å²) in [5.41, 5.74) is 0.558. The first-order chi connectivity index (χ1) is 8.52. The van der Waals surface area contributed by atoms with Crippen molar-refractivity contribution in [2.75, 3.05) is 0 Å². The summed E-state index contributed by atoms with van der Waals surface area (Å²) < 4.78 is 3.52. The number of hydrogen-bond acceptors (Lipinski definition) is 2. The van der Waals surface area contributed by atoms with Crippen LogP contribution >= 0.6 is 91.7 Å². The molecule has 0 aliphatic heterocycles. The minimum absolute atomic E-state index is 0. The lowest BCUT2D eigenvalue weighted by Gasteiger charge is -1.99. The van der Waals surface area contributed by atoms with E-state index in [9.17, 15) is 0 Å². The molecule has 0 spiro atoms. The average Bonchev–Trinajstić information content (AvgIpc) is 2.34. The molecule has 2 aromatic rings. The summed E-state index contributed by atoms with van der Waals surface area (Å²) in [7, 11) is -1.35. The van der Waals surface area contributed by atoms with Crippen LogP contribution in [-0.4, -0.2) is 17.2 Å². The molecule has 0 heterocycles. The second-order valence-corrected chi connectivity index (χ2v) is 6.80. The van der Waals surface area contributed by atoms with E-state index in [1.54, 1.807) is 12.1 Å². The number of hydrogen-bond donors (Lipinski definition) is 2. The Labute approximate surface area is 178 Å². The maximum absolute atomic E-state index is 8.76. The van der Waals surface area contributed by atoms with Crippen LogP contribution in [0.15, 0.2) is 48.5 Å². The van der Waals surface area contributed by atoms with Gasteiger partial charge in [0.15, 0.2) is 0 Å². The second-order valence-electron chi connectivity index (χ2n) is 3.31. The molecule has 2 nitrogen and oxygen atoms in total. The lowest BCUT2D eigenvalue weighted by atomic mass is 9.81. The molecule has 110 valence electrons. The van der Waals surface area contributed by atoms with Crippen LogP contribution in [0, 0.1) is 10.7 Å². The molecule has 0 radical (unpaired) electrons. The monoisotopic (exact) mass is 722 g/mol. The van der Waals surface area contributed by atoms with E-state index in [1.807, 2.05) is 24.3 Å². The summed E-state index contributed by atoms with van der Waals surface area (Å²) in [4.78, 5) is 0. The van der Waals surface area contributed by atoms with E-state index in [-0.39, 0.29) is 31.4 Å². The van der Waals surface area contributed by atoms with Gasteiger partial charge in [0.1, 0.15) is 0 Å². The second kappa shape index (κ2) is 12.8. The van der Waals surface area contributed by atoms with Crippen LogP contribution < -0.4 is 5.46 Å². The van der Waals surface area contributed by atoms with Crippen molar-refractivity contribution in [2.45, 2.75) is 7.43 Å². The Morgan fingerprint density at radius 3 is 1.30 bits per heavy atom. The fourth-order valence-corrected chi connectivity index (χ4v) is 2.56. The molecule has 0 unspecified atom stereocenters. The van der Waals surface area contributed by atoms with Crippen molar-refractivity contribution in [1.29, 1.82) is 0 Å². The predicted molar refractivity (Wildman–Crippen MR) is 123 cm³/mol. The molecule has 2 rings (SSSR count). The fraction of sp³-hybridized carbons (Fsp3) is 0.0769. The summed E-state index contributed by atoms with van der Waals surface area (Å²) in [5, 5.41) is 17.5. The fourth-order valence-electron chi connectivity index (χ4n) is 1.12. The van der Waals surface area contributed by atoms with Gasteiger partial charge in [0.2, 0.25) is 0 Å². The third-order valence-corrected chi connectivity index (χ3v) is 5.90. The summed E-state index contributed by atoms with van der Waals surface area (Å²) in [6.45, 7) is 0. The number of halogens is 4. The third-order valence-electron chi connectivity index (χ3n) is 2.01. The highest BCUT2D eigenvalue weighted by Gasteiger charge is 2.12. The number of rotatable bonds is 1. The zero-order chi connectivity index (χ0) is 13.5. The molecule has 0 aromatic heterocycles.